The van der Waals surface area contributed by atoms with Crippen molar-refractivity contribution in [3.8, 4) is 0 Å². The van der Waals surface area contributed by atoms with Crippen LogP contribution in [0, 0.1) is 0 Å². The number of rotatable bonds is 0. The second kappa shape index (κ2) is 1.05. The van der Waals surface area contributed by atoms with Crippen molar-refractivity contribution in [3.63, 3.8) is 0 Å². The molecule has 0 N–H and O–H groups in total. The van der Waals surface area contributed by atoms with Gasteiger partial charge in [0.1, 0.15) is 0 Å². The van der Waals surface area contributed by atoms with Crippen LogP contribution in [-0.2, 0) is 4.79 Å². The fourth-order valence-electron chi connectivity index (χ4n) is 0.203. The fraction of sp³-hybridized carbons (Fsp3) is 0.750. The summed E-state index contributed by atoms with van der Waals surface area (Å²) in [6.07, 6.45) is 0. The number of ketones is 1. The first-order valence-electron chi connectivity index (χ1n) is 4.87. The predicted molar refractivity (Wildman–Crippen MR) is 22.5 cm³/mol. The first-order chi connectivity index (χ1) is 5.52. The van der Waals surface area contributed by atoms with E-state index in [1.807, 2.05) is 0 Å². The molecule has 0 aromatic heterocycles. The van der Waals surface area contributed by atoms with Crippen LogP contribution in [0.4, 0.5) is 0 Å². The van der Waals surface area contributed by atoms with E-state index in [9.17, 15) is 4.79 Å². The zero-order valence-electron chi connectivity index (χ0n) is 9.86. The summed E-state index contributed by atoms with van der Waals surface area (Å²) in [5, 5.41) is 0. The number of nitrogens with zero attached hydrogens (tertiary/aromatic N) is 1. The van der Waals surface area contributed by atoms with Crippen LogP contribution >= 0.6 is 0 Å². The lowest BCUT2D eigenvalue weighted by Crippen LogP contribution is -2.43. The lowest BCUT2D eigenvalue weighted by molar-refractivity contribution is -0.127. The molecule has 0 aromatic rings. The van der Waals surface area contributed by atoms with Gasteiger partial charge in [0.2, 0.25) is 0 Å². The zero-order chi connectivity index (χ0) is 10.7. The summed E-state index contributed by atoms with van der Waals surface area (Å²) in [6, 6.07) is 0. The Morgan fingerprint density at radius 2 is 2.83 bits per heavy atom. The second-order valence-electron chi connectivity index (χ2n) is 0.888. The molecular weight excluding hydrogens is 78.0 g/mol. The Hall–Kier alpha value is -0.370. The summed E-state index contributed by atoms with van der Waals surface area (Å²) in [7, 11) is 0. The van der Waals surface area contributed by atoms with E-state index in [0.29, 0.717) is 0 Å². The third kappa shape index (κ3) is 0.431. The molecule has 1 aliphatic heterocycles. The summed E-state index contributed by atoms with van der Waals surface area (Å²) in [5.74, 6) is -1.35. The summed E-state index contributed by atoms with van der Waals surface area (Å²) in [4.78, 5) is 10.8. The molecule has 1 aliphatic rings. The Balaban J connectivity index is 3.06. The summed E-state index contributed by atoms with van der Waals surface area (Å²) < 4.78 is 48.4. The Morgan fingerprint density at radius 3 is 3.17 bits per heavy atom. The molecule has 1 rings (SSSR count). The van der Waals surface area contributed by atoms with Gasteiger partial charge in [-0.15, -0.1) is 0 Å². The summed E-state index contributed by atoms with van der Waals surface area (Å²) >= 11 is 0. The van der Waals surface area contributed by atoms with E-state index in [4.69, 9.17) is 9.60 Å². The first kappa shape index (κ1) is 0.757. The highest BCUT2D eigenvalue weighted by molar-refractivity contribution is 5.87. The van der Waals surface area contributed by atoms with E-state index < -0.39 is 25.8 Å². The van der Waals surface area contributed by atoms with Crippen LogP contribution in [-0.4, -0.2) is 30.7 Å². The standard InChI is InChI=1S/C4H7NO/c1-5-2-4(6)3-5/h2-3H2,1H3/i1D3,2D2,3D2. The van der Waals surface area contributed by atoms with Crippen molar-refractivity contribution >= 4 is 5.78 Å². The molecule has 1 saturated heterocycles. The maximum absolute atomic E-state index is 10.8. The van der Waals surface area contributed by atoms with E-state index in [1.54, 1.807) is 0 Å². The monoisotopic (exact) mass is 92.1 g/mol. The third-order valence-corrected chi connectivity index (χ3v) is 0.427. The first-order valence-corrected chi connectivity index (χ1v) is 1.37. The Labute approximate surface area is 46.6 Å². The number of likely N-dealkylation sites (tertiary alicyclic amines) is 1. The van der Waals surface area contributed by atoms with Gasteiger partial charge in [0.15, 0.2) is 5.78 Å². The summed E-state index contributed by atoms with van der Waals surface area (Å²) in [5.41, 5.74) is 0. The molecule has 0 atom stereocenters. The highest BCUT2D eigenvalue weighted by Gasteiger charge is 2.17. The van der Waals surface area contributed by atoms with Crippen LogP contribution < -0.4 is 0 Å². The van der Waals surface area contributed by atoms with Crippen LogP contribution in [0.5, 0.6) is 0 Å². The maximum atomic E-state index is 10.8. The molecule has 0 unspecified atom stereocenters. The lowest BCUT2D eigenvalue weighted by Gasteiger charge is -2.23. The number of carbonyl (C=O) groups is 1. The number of Topliss-reactive ketones (excluding diaryl/α,β-unsaturated/α-hetero) is 1. The van der Waals surface area contributed by atoms with E-state index >= 15 is 0 Å². The van der Waals surface area contributed by atoms with Crippen LogP contribution in [0.2, 0.25) is 0 Å². The topological polar surface area (TPSA) is 20.3 Å². The molecule has 0 saturated carbocycles. The van der Waals surface area contributed by atoms with Gasteiger partial charge in [-0.1, -0.05) is 0 Å². The zero-order valence-corrected chi connectivity index (χ0v) is 2.86. The number of carbonyl (C=O) groups excluding carboxylic acids is 1. The molecule has 0 radical (unpaired) electrons. The molecule has 1 heterocycles. The largest absolute Gasteiger partial charge is 0.297 e. The molecule has 2 nitrogen and oxygen atoms in total. The van der Waals surface area contributed by atoms with Crippen molar-refractivity contribution in [3.05, 3.63) is 0 Å². The fourth-order valence-corrected chi connectivity index (χ4v) is 0.203. The van der Waals surface area contributed by atoms with Crippen molar-refractivity contribution in [1.82, 2.24) is 4.90 Å². The van der Waals surface area contributed by atoms with Gasteiger partial charge in [-0.25, -0.2) is 0 Å². The molecule has 1 fully saturated rings. The maximum Gasteiger partial charge on any atom is 0.160 e. The quantitative estimate of drug-likeness (QED) is 0.401. The molecule has 0 bridgehead atoms. The van der Waals surface area contributed by atoms with Crippen LogP contribution in [0.3, 0.4) is 0 Å². The van der Waals surface area contributed by atoms with E-state index in [2.05, 4.69) is 0 Å². The van der Waals surface area contributed by atoms with Gasteiger partial charge in [0, 0.05) is 4.11 Å². The van der Waals surface area contributed by atoms with Gasteiger partial charge >= 0.3 is 0 Å². The van der Waals surface area contributed by atoms with E-state index in [-0.39, 0.29) is 4.90 Å². The van der Waals surface area contributed by atoms with E-state index in [0.717, 1.165) is 0 Å². The van der Waals surface area contributed by atoms with Gasteiger partial charge in [-0.3, -0.25) is 9.69 Å². The minimum atomic E-state index is -2.94. The summed E-state index contributed by atoms with van der Waals surface area (Å²) in [6.45, 7) is -8.40. The van der Waals surface area contributed by atoms with Gasteiger partial charge in [-0.2, -0.15) is 0 Å². The minimum Gasteiger partial charge on any atom is -0.297 e. The van der Waals surface area contributed by atoms with Gasteiger partial charge in [0.05, 0.1) is 18.5 Å². The second-order valence-corrected chi connectivity index (χ2v) is 0.888. The van der Waals surface area contributed by atoms with Crippen molar-refractivity contribution in [1.29, 1.82) is 0 Å². The minimum absolute atomic E-state index is 0.0463. The average molecular weight is 92.1 g/mol. The Morgan fingerprint density at radius 1 is 2.17 bits per heavy atom. The molecule has 0 spiro atoms. The van der Waals surface area contributed by atoms with Crippen molar-refractivity contribution in [2.24, 2.45) is 0 Å². The van der Waals surface area contributed by atoms with Crippen LogP contribution in [0.25, 0.3) is 0 Å². The normalized spacial score (nSPS) is 60.0. The lowest BCUT2D eigenvalue weighted by atomic mass is 10.2. The number of hydrogen-bond acceptors (Lipinski definition) is 2. The van der Waals surface area contributed by atoms with Crippen molar-refractivity contribution in [2.75, 3.05) is 20.0 Å². The Kier molecular flexibility index (Phi) is 0.132. The van der Waals surface area contributed by atoms with Crippen molar-refractivity contribution in [2.45, 2.75) is 0 Å². The highest BCUT2D eigenvalue weighted by atomic mass is 16.1. The Bertz CT molecular complexity index is 238. The molecule has 0 aromatic carbocycles. The smallest absolute Gasteiger partial charge is 0.160 e. The van der Waals surface area contributed by atoms with Gasteiger partial charge in [-0.05, 0) is 6.98 Å². The van der Waals surface area contributed by atoms with Gasteiger partial charge < -0.3 is 0 Å². The predicted octanol–water partition coefficient (Wildman–Crippen LogP) is -0.499. The van der Waals surface area contributed by atoms with Crippen molar-refractivity contribution < 1.29 is 14.4 Å². The molecule has 34 valence electrons. The molecule has 2 heteroatoms. The highest BCUT2D eigenvalue weighted by Crippen LogP contribution is 1.93. The molecule has 0 amide bonds. The van der Waals surface area contributed by atoms with Gasteiger partial charge in [0.25, 0.3) is 0 Å². The number of likely N-dealkylation sites (N-methyl/N-ethyl adjacent to an activating group) is 1. The third-order valence-electron chi connectivity index (χ3n) is 0.427. The average Bonchev–Trinajstić information content (AvgIpc) is 1.81. The SMILES string of the molecule is [2H]C([2H])([2H])N1C([2H])([2H])C(=O)C1([2H])[2H]. The van der Waals surface area contributed by atoms with Crippen LogP contribution in [0.15, 0.2) is 0 Å². The van der Waals surface area contributed by atoms with E-state index in [1.165, 1.54) is 0 Å². The molecule has 0 aliphatic carbocycles. The van der Waals surface area contributed by atoms with Crippen LogP contribution in [0.1, 0.15) is 9.60 Å². The molecular formula is C4H7NO. The molecule has 6 heavy (non-hydrogen) atoms. The number of hydrogen-bond donors (Lipinski definition) is 0.